The Morgan fingerprint density at radius 2 is 2.04 bits per heavy atom. The van der Waals surface area contributed by atoms with Crippen LogP contribution in [0.15, 0.2) is 36.7 Å². The lowest BCUT2D eigenvalue weighted by Gasteiger charge is -2.29. The second-order valence-corrected chi connectivity index (χ2v) is 5.72. The molecule has 1 aliphatic carbocycles. The number of nitrogens with one attached hydrogen (secondary N) is 2. The summed E-state index contributed by atoms with van der Waals surface area (Å²) in [7, 11) is 0. The zero-order valence-corrected chi connectivity index (χ0v) is 13.0. The van der Waals surface area contributed by atoms with Crippen LogP contribution in [0.2, 0.25) is 0 Å². The SMILES string of the molecule is CCc1ncc(NC(=O)NC2(CO)CCc3ccccc32)cn1. The molecular formula is C17H20N4O2. The molecule has 3 N–H and O–H groups in total. The van der Waals surface area contributed by atoms with Crippen LogP contribution in [0.5, 0.6) is 0 Å². The van der Waals surface area contributed by atoms with Crippen molar-refractivity contribution < 1.29 is 9.90 Å². The standard InChI is InChI=1S/C17H20N4O2/c1-2-15-18-9-13(10-19-15)20-16(23)21-17(11-22)8-7-12-5-3-4-6-14(12)17/h3-6,9-10,22H,2,7-8,11H2,1H3,(H2,20,21,23). The second-order valence-electron chi connectivity index (χ2n) is 5.72. The van der Waals surface area contributed by atoms with Crippen molar-refractivity contribution in [1.82, 2.24) is 15.3 Å². The topological polar surface area (TPSA) is 87.1 Å². The third-order valence-electron chi connectivity index (χ3n) is 4.26. The molecule has 6 heteroatoms. The summed E-state index contributed by atoms with van der Waals surface area (Å²) < 4.78 is 0. The Morgan fingerprint density at radius 3 is 2.74 bits per heavy atom. The fraction of sp³-hybridized carbons (Fsp3) is 0.353. The number of carbonyl (C=O) groups is 1. The highest BCUT2D eigenvalue weighted by atomic mass is 16.3. The number of fused-ring (bicyclic) bond motifs is 1. The van der Waals surface area contributed by atoms with E-state index in [2.05, 4.69) is 20.6 Å². The smallest absolute Gasteiger partial charge is 0.320 e. The van der Waals surface area contributed by atoms with E-state index in [0.29, 0.717) is 12.1 Å². The van der Waals surface area contributed by atoms with E-state index in [0.717, 1.165) is 29.8 Å². The van der Waals surface area contributed by atoms with Gasteiger partial charge in [-0.25, -0.2) is 14.8 Å². The lowest BCUT2D eigenvalue weighted by Crippen LogP contribution is -2.48. The number of nitrogens with zero attached hydrogens (tertiary/aromatic N) is 2. The first-order valence-corrected chi connectivity index (χ1v) is 7.76. The van der Waals surface area contributed by atoms with Gasteiger partial charge in [0.1, 0.15) is 5.82 Å². The molecule has 0 radical (unpaired) electrons. The summed E-state index contributed by atoms with van der Waals surface area (Å²) in [6.07, 6.45) is 5.43. The van der Waals surface area contributed by atoms with Gasteiger partial charge in [-0.15, -0.1) is 0 Å². The van der Waals surface area contributed by atoms with E-state index in [4.69, 9.17) is 0 Å². The van der Waals surface area contributed by atoms with Crippen molar-refractivity contribution in [3.05, 3.63) is 53.6 Å². The van der Waals surface area contributed by atoms with E-state index in [9.17, 15) is 9.90 Å². The first kappa shape index (κ1) is 15.4. The van der Waals surface area contributed by atoms with E-state index in [1.165, 1.54) is 0 Å². The fourth-order valence-corrected chi connectivity index (χ4v) is 3.00. The number of hydrogen-bond acceptors (Lipinski definition) is 4. The van der Waals surface area contributed by atoms with Crippen LogP contribution in [-0.4, -0.2) is 27.7 Å². The number of amides is 2. The van der Waals surface area contributed by atoms with Crippen LogP contribution in [0, 0.1) is 0 Å². The molecule has 1 unspecified atom stereocenters. The minimum atomic E-state index is -0.731. The summed E-state index contributed by atoms with van der Waals surface area (Å²) in [4.78, 5) is 20.6. The van der Waals surface area contributed by atoms with Crippen LogP contribution in [-0.2, 0) is 18.4 Å². The third kappa shape index (κ3) is 3.03. The Hall–Kier alpha value is -2.47. The van der Waals surface area contributed by atoms with Gasteiger partial charge in [-0.1, -0.05) is 31.2 Å². The average Bonchev–Trinajstić information content (AvgIpc) is 2.95. The maximum absolute atomic E-state index is 12.3. The van der Waals surface area contributed by atoms with E-state index in [1.807, 2.05) is 31.2 Å². The maximum atomic E-state index is 12.3. The summed E-state index contributed by atoms with van der Waals surface area (Å²) in [6, 6.07) is 7.51. The molecule has 1 heterocycles. The molecule has 0 saturated carbocycles. The van der Waals surface area contributed by atoms with Crippen molar-refractivity contribution in [3.63, 3.8) is 0 Å². The van der Waals surface area contributed by atoms with Gasteiger partial charge in [0.15, 0.2) is 0 Å². The number of aryl methyl sites for hydroxylation is 2. The van der Waals surface area contributed by atoms with Gasteiger partial charge in [-0.2, -0.15) is 0 Å². The van der Waals surface area contributed by atoms with Crippen molar-refractivity contribution in [2.75, 3.05) is 11.9 Å². The Kier molecular flexibility index (Phi) is 4.25. The number of hydrogen-bond donors (Lipinski definition) is 3. The molecule has 1 atom stereocenters. The monoisotopic (exact) mass is 312 g/mol. The molecule has 0 aliphatic heterocycles. The predicted molar refractivity (Wildman–Crippen MR) is 87.1 cm³/mol. The third-order valence-corrected chi connectivity index (χ3v) is 4.26. The lowest BCUT2D eigenvalue weighted by molar-refractivity contribution is 0.164. The predicted octanol–water partition coefficient (Wildman–Crippen LogP) is 1.99. The highest BCUT2D eigenvalue weighted by molar-refractivity contribution is 5.89. The number of aromatic nitrogens is 2. The summed E-state index contributed by atoms with van der Waals surface area (Å²) in [5, 5.41) is 15.5. The fourth-order valence-electron chi connectivity index (χ4n) is 3.00. The highest BCUT2D eigenvalue weighted by Gasteiger charge is 2.39. The molecular weight excluding hydrogens is 292 g/mol. The van der Waals surface area contributed by atoms with Crippen molar-refractivity contribution in [2.24, 2.45) is 0 Å². The normalized spacial score (nSPS) is 19.2. The molecule has 23 heavy (non-hydrogen) atoms. The molecule has 1 aromatic carbocycles. The largest absolute Gasteiger partial charge is 0.394 e. The van der Waals surface area contributed by atoms with Crippen LogP contribution in [0.4, 0.5) is 10.5 Å². The highest BCUT2D eigenvalue weighted by Crippen LogP contribution is 2.36. The van der Waals surface area contributed by atoms with Crippen molar-refractivity contribution in [1.29, 1.82) is 0 Å². The number of aliphatic hydroxyl groups is 1. The van der Waals surface area contributed by atoms with Gasteiger partial charge in [0, 0.05) is 6.42 Å². The first-order valence-electron chi connectivity index (χ1n) is 7.76. The number of carbonyl (C=O) groups excluding carboxylic acids is 1. The van der Waals surface area contributed by atoms with E-state index in [1.54, 1.807) is 12.4 Å². The van der Waals surface area contributed by atoms with Crippen LogP contribution < -0.4 is 10.6 Å². The molecule has 2 amide bonds. The van der Waals surface area contributed by atoms with E-state index < -0.39 is 5.54 Å². The summed E-state index contributed by atoms with van der Waals surface area (Å²) in [6.45, 7) is 1.83. The maximum Gasteiger partial charge on any atom is 0.320 e. The molecule has 0 fully saturated rings. The molecule has 0 spiro atoms. The molecule has 0 saturated heterocycles. The minimum Gasteiger partial charge on any atom is -0.394 e. The van der Waals surface area contributed by atoms with Gasteiger partial charge in [-0.3, -0.25) is 0 Å². The number of benzene rings is 1. The number of anilines is 1. The van der Waals surface area contributed by atoms with Gasteiger partial charge >= 0.3 is 6.03 Å². The van der Waals surface area contributed by atoms with Crippen molar-refractivity contribution in [2.45, 2.75) is 31.7 Å². The summed E-state index contributed by atoms with van der Waals surface area (Å²) >= 11 is 0. The molecule has 2 aromatic rings. The quantitative estimate of drug-likeness (QED) is 0.806. The van der Waals surface area contributed by atoms with Crippen molar-refractivity contribution in [3.8, 4) is 0 Å². The van der Waals surface area contributed by atoms with E-state index in [-0.39, 0.29) is 12.6 Å². The van der Waals surface area contributed by atoms with Gasteiger partial charge in [-0.05, 0) is 24.0 Å². The zero-order chi connectivity index (χ0) is 16.3. The van der Waals surface area contributed by atoms with Gasteiger partial charge < -0.3 is 15.7 Å². The van der Waals surface area contributed by atoms with Gasteiger partial charge in [0.05, 0.1) is 30.2 Å². The number of aliphatic hydroxyl groups excluding tert-OH is 1. The molecule has 1 aliphatic rings. The minimum absolute atomic E-state index is 0.136. The molecule has 120 valence electrons. The van der Waals surface area contributed by atoms with Gasteiger partial charge in [0.25, 0.3) is 0 Å². The summed E-state index contributed by atoms with van der Waals surface area (Å²) in [5.74, 6) is 0.729. The summed E-state index contributed by atoms with van der Waals surface area (Å²) in [5.41, 5.74) is 1.94. The molecule has 1 aromatic heterocycles. The van der Waals surface area contributed by atoms with Crippen LogP contribution in [0.1, 0.15) is 30.3 Å². The van der Waals surface area contributed by atoms with Crippen molar-refractivity contribution >= 4 is 11.7 Å². The molecule has 6 nitrogen and oxygen atoms in total. The van der Waals surface area contributed by atoms with Crippen LogP contribution >= 0.6 is 0 Å². The van der Waals surface area contributed by atoms with Gasteiger partial charge in [0.2, 0.25) is 0 Å². The van der Waals surface area contributed by atoms with E-state index >= 15 is 0 Å². The molecule has 3 rings (SSSR count). The Morgan fingerprint density at radius 1 is 1.30 bits per heavy atom. The molecule has 0 bridgehead atoms. The average molecular weight is 312 g/mol. The van der Waals surface area contributed by atoms with Crippen LogP contribution in [0.25, 0.3) is 0 Å². The lowest BCUT2D eigenvalue weighted by atomic mass is 9.93. The Bertz CT molecular complexity index is 702. The Balaban J connectivity index is 1.73. The zero-order valence-electron chi connectivity index (χ0n) is 13.0. The number of urea groups is 1. The van der Waals surface area contributed by atoms with Crippen LogP contribution in [0.3, 0.4) is 0 Å². The first-order chi connectivity index (χ1) is 11.2. The number of rotatable bonds is 4. The Labute approximate surface area is 135 Å². The second kappa shape index (κ2) is 6.34.